The summed E-state index contributed by atoms with van der Waals surface area (Å²) >= 11 is 1.28. The highest BCUT2D eigenvalue weighted by molar-refractivity contribution is 7.99. The summed E-state index contributed by atoms with van der Waals surface area (Å²) in [6.45, 7) is 8.12. The number of carbonyl (C=O) groups is 1. The van der Waals surface area contributed by atoms with Crippen LogP contribution in [-0.2, 0) is 0 Å². The van der Waals surface area contributed by atoms with E-state index >= 15 is 0 Å². The Bertz CT molecular complexity index is 917. The Labute approximate surface area is 151 Å². The first-order valence-corrected chi connectivity index (χ1v) is 9.08. The van der Waals surface area contributed by atoms with Crippen LogP contribution in [0.15, 0.2) is 46.0 Å². The van der Waals surface area contributed by atoms with Crippen LogP contribution in [0.5, 0.6) is 0 Å². The first-order chi connectivity index (χ1) is 12.0. The van der Waals surface area contributed by atoms with E-state index in [9.17, 15) is 4.79 Å². The second-order valence-electron chi connectivity index (χ2n) is 6.09. The summed E-state index contributed by atoms with van der Waals surface area (Å²) < 4.78 is 5.65. The predicted molar refractivity (Wildman–Crippen MR) is 100 cm³/mol. The molecule has 2 aromatic carbocycles. The summed E-state index contributed by atoms with van der Waals surface area (Å²) in [6, 6.07) is 11.7. The topological polar surface area (TPSA) is 56.0 Å². The number of hydrogen-bond donors (Lipinski definition) is 0. The molecule has 1 heterocycles. The molecule has 0 bridgehead atoms. The van der Waals surface area contributed by atoms with Gasteiger partial charge in [0.25, 0.3) is 5.22 Å². The highest BCUT2D eigenvalue weighted by Gasteiger charge is 2.17. The molecule has 0 radical (unpaired) electrons. The van der Waals surface area contributed by atoms with Crippen molar-refractivity contribution >= 4 is 17.5 Å². The third-order valence-electron chi connectivity index (χ3n) is 4.39. The van der Waals surface area contributed by atoms with Crippen molar-refractivity contribution in [1.82, 2.24) is 10.2 Å². The molecule has 0 saturated carbocycles. The van der Waals surface area contributed by atoms with Crippen LogP contribution in [0.4, 0.5) is 0 Å². The van der Waals surface area contributed by atoms with Crippen LogP contribution in [0, 0.1) is 27.7 Å². The second-order valence-corrected chi connectivity index (χ2v) is 7.01. The third-order valence-corrected chi connectivity index (χ3v) is 5.21. The molecule has 0 saturated heterocycles. The number of carbonyl (C=O) groups excluding carboxylic acids is 1. The third kappa shape index (κ3) is 3.66. The standard InChI is InChI=1S/C20H20N2O2S/c1-12-10-13(2)18(15(4)14(12)3)17(23)11-25-20-22-21-19(24-20)16-8-6-5-7-9-16/h5-10H,11H2,1-4H3. The van der Waals surface area contributed by atoms with E-state index in [4.69, 9.17) is 4.42 Å². The van der Waals surface area contributed by atoms with Gasteiger partial charge in [0.1, 0.15) is 0 Å². The van der Waals surface area contributed by atoms with Crippen molar-refractivity contribution in [2.24, 2.45) is 0 Å². The molecular formula is C20H20N2O2S. The zero-order chi connectivity index (χ0) is 18.0. The molecule has 0 unspecified atom stereocenters. The lowest BCUT2D eigenvalue weighted by molar-refractivity contribution is 0.102. The maximum absolute atomic E-state index is 12.7. The lowest BCUT2D eigenvalue weighted by Crippen LogP contribution is -2.09. The van der Waals surface area contributed by atoms with Crippen LogP contribution in [0.1, 0.15) is 32.6 Å². The zero-order valence-electron chi connectivity index (χ0n) is 14.8. The molecule has 4 nitrogen and oxygen atoms in total. The van der Waals surface area contributed by atoms with Crippen LogP contribution < -0.4 is 0 Å². The zero-order valence-corrected chi connectivity index (χ0v) is 15.6. The molecule has 0 aliphatic heterocycles. The van der Waals surface area contributed by atoms with Crippen molar-refractivity contribution in [3.63, 3.8) is 0 Å². The fourth-order valence-corrected chi connectivity index (χ4v) is 3.51. The maximum Gasteiger partial charge on any atom is 0.277 e. The number of benzene rings is 2. The summed E-state index contributed by atoms with van der Waals surface area (Å²) in [5.41, 5.74) is 6.12. The number of nitrogens with zero attached hydrogens (tertiary/aromatic N) is 2. The Morgan fingerprint density at radius 3 is 2.44 bits per heavy atom. The second kappa shape index (κ2) is 7.23. The number of Topliss-reactive ketones (excluding diaryl/α,β-unsaturated/α-hetero) is 1. The van der Waals surface area contributed by atoms with E-state index in [-0.39, 0.29) is 11.5 Å². The minimum Gasteiger partial charge on any atom is -0.411 e. The summed E-state index contributed by atoms with van der Waals surface area (Å²) in [7, 11) is 0. The number of ketones is 1. The molecule has 0 atom stereocenters. The number of thioether (sulfide) groups is 1. The van der Waals surface area contributed by atoms with Gasteiger partial charge in [-0.05, 0) is 62.1 Å². The van der Waals surface area contributed by atoms with Crippen molar-refractivity contribution in [3.8, 4) is 11.5 Å². The quantitative estimate of drug-likeness (QED) is 0.480. The van der Waals surface area contributed by atoms with E-state index in [0.29, 0.717) is 11.1 Å². The fourth-order valence-electron chi connectivity index (χ4n) is 2.88. The van der Waals surface area contributed by atoms with Crippen LogP contribution in [0.3, 0.4) is 0 Å². The van der Waals surface area contributed by atoms with Gasteiger partial charge in [-0.25, -0.2) is 0 Å². The first-order valence-electron chi connectivity index (χ1n) is 8.09. The normalized spacial score (nSPS) is 10.9. The van der Waals surface area contributed by atoms with Crippen LogP contribution in [0.2, 0.25) is 0 Å². The SMILES string of the molecule is Cc1cc(C)c(C(=O)CSc2nnc(-c3ccccc3)o2)c(C)c1C. The number of aromatic nitrogens is 2. The number of rotatable bonds is 5. The van der Waals surface area contributed by atoms with Crippen LogP contribution in [0.25, 0.3) is 11.5 Å². The highest BCUT2D eigenvalue weighted by atomic mass is 32.2. The summed E-state index contributed by atoms with van der Waals surface area (Å²) in [5.74, 6) is 0.831. The van der Waals surface area contributed by atoms with Gasteiger partial charge in [-0.1, -0.05) is 36.0 Å². The molecule has 25 heavy (non-hydrogen) atoms. The fraction of sp³-hybridized carbons (Fsp3) is 0.250. The lowest BCUT2D eigenvalue weighted by Gasteiger charge is -2.13. The van der Waals surface area contributed by atoms with Gasteiger partial charge < -0.3 is 4.42 Å². The molecule has 1 aromatic heterocycles. The Hall–Kier alpha value is -2.40. The Morgan fingerprint density at radius 1 is 1.00 bits per heavy atom. The van der Waals surface area contributed by atoms with E-state index in [1.807, 2.05) is 44.2 Å². The van der Waals surface area contributed by atoms with E-state index < -0.39 is 0 Å². The van der Waals surface area contributed by atoms with Gasteiger partial charge in [0, 0.05) is 11.1 Å². The molecule has 0 amide bonds. The highest BCUT2D eigenvalue weighted by Crippen LogP contribution is 2.26. The van der Waals surface area contributed by atoms with Crippen LogP contribution in [-0.4, -0.2) is 21.7 Å². The van der Waals surface area contributed by atoms with Gasteiger partial charge in [-0.15, -0.1) is 10.2 Å². The molecular weight excluding hydrogens is 332 g/mol. The van der Waals surface area contributed by atoms with Gasteiger partial charge in [0.2, 0.25) is 5.89 Å². The van der Waals surface area contributed by atoms with Crippen LogP contribution >= 0.6 is 11.8 Å². The monoisotopic (exact) mass is 352 g/mol. The minimum atomic E-state index is 0.0857. The minimum absolute atomic E-state index is 0.0857. The molecule has 128 valence electrons. The van der Waals surface area contributed by atoms with Gasteiger partial charge in [-0.3, -0.25) is 4.79 Å². The van der Waals surface area contributed by atoms with Crippen molar-refractivity contribution in [2.45, 2.75) is 32.9 Å². The average molecular weight is 352 g/mol. The molecule has 3 aromatic rings. The number of aryl methyl sites for hydroxylation is 2. The van der Waals surface area contributed by atoms with E-state index in [2.05, 4.69) is 30.1 Å². The Kier molecular flexibility index (Phi) is 5.04. The average Bonchev–Trinajstić information content (AvgIpc) is 3.08. The van der Waals surface area contributed by atoms with Gasteiger partial charge in [0.05, 0.1) is 5.75 Å². The largest absolute Gasteiger partial charge is 0.411 e. The van der Waals surface area contributed by atoms with Crippen molar-refractivity contribution < 1.29 is 9.21 Å². The maximum atomic E-state index is 12.7. The summed E-state index contributed by atoms with van der Waals surface area (Å²) in [5, 5.41) is 8.49. The molecule has 5 heteroatoms. The van der Waals surface area contributed by atoms with Crippen molar-refractivity contribution in [1.29, 1.82) is 0 Å². The molecule has 0 aliphatic rings. The summed E-state index contributed by atoms with van der Waals surface area (Å²) in [4.78, 5) is 12.7. The van der Waals surface area contributed by atoms with Gasteiger partial charge in [0.15, 0.2) is 5.78 Å². The molecule has 0 fully saturated rings. The molecule has 3 rings (SSSR count). The smallest absolute Gasteiger partial charge is 0.277 e. The van der Waals surface area contributed by atoms with Crippen molar-refractivity contribution in [3.05, 3.63) is 64.2 Å². The number of hydrogen-bond acceptors (Lipinski definition) is 5. The predicted octanol–water partition coefficient (Wildman–Crippen LogP) is 4.95. The Balaban J connectivity index is 1.74. The van der Waals surface area contributed by atoms with Crippen molar-refractivity contribution in [2.75, 3.05) is 5.75 Å². The Morgan fingerprint density at radius 2 is 1.72 bits per heavy atom. The first kappa shape index (κ1) is 17.4. The van der Waals surface area contributed by atoms with Gasteiger partial charge >= 0.3 is 0 Å². The summed E-state index contributed by atoms with van der Waals surface area (Å²) in [6.07, 6.45) is 0. The van der Waals surface area contributed by atoms with Gasteiger partial charge in [-0.2, -0.15) is 0 Å². The van der Waals surface area contributed by atoms with E-state index in [1.54, 1.807) is 0 Å². The molecule has 0 spiro atoms. The lowest BCUT2D eigenvalue weighted by atomic mass is 9.92. The van der Waals surface area contributed by atoms with E-state index in [1.165, 1.54) is 22.9 Å². The molecule has 0 N–H and O–H groups in total. The molecule has 0 aliphatic carbocycles. The van der Waals surface area contributed by atoms with E-state index in [0.717, 1.165) is 22.3 Å².